The Bertz CT molecular complexity index is 872. The number of anilines is 1. The van der Waals surface area contributed by atoms with E-state index < -0.39 is 0 Å². The molecule has 2 amide bonds. The molecular weight excluding hydrogens is 378 g/mol. The van der Waals surface area contributed by atoms with Gasteiger partial charge in [-0.3, -0.25) is 14.5 Å². The number of rotatable bonds is 8. The lowest BCUT2D eigenvalue weighted by Crippen LogP contribution is -2.38. The lowest BCUT2D eigenvalue weighted by molar-refractivity contribution is -0.117. The summed E-state index contributed by atoms with van der Waals surface area (Å²) in [6.07, 6.45) is 3.77. The quantitative estimate of drug-likeness (QED) is 0.660. The number of hydrogen-bond acceptors (Lipinski definition) is 4. The molecule has 2 N–H and O–H groups in total. The highest BCUT2D eigenvalue weighted by Crippen LogP contribution is 2.11. The first-order chi connectivity index (χ1) is 14.6. The van der Waals surface area contributed by atoms with E-state index >= 15 is 0 Å². The highest BCUT2D eigenvalue weighted by atomic mass is 16.5. The van der Waals surface area contributed by atoms with Crippen LogP contribution in [0.3, 0.4) is 0 Å². The number of carbonyl (C=O) groups excluding carboxylic acids is 2. The average Bonchev–Trinajstić information content (AvgIpc) is 2.77. The molecule has 158 valence electrons. The zero-order valence-corrected chi connectivity index (χ0v) is 17.4. The van der Waals surface area contributed by atoms with Crippen molar-refractivity contribution in [2.24, 2.45) is 0 Å². The predicted octanol–water partition coefficient (Wildman–Crippen LogP) is 2.99. The van der Waals surface area contributed by atoms with Gasteiger partial charge in [0.05, 0.1) is 13.2 Å². The molecule has 0 atom stereocenters. The number of benzene rings is 2. The van der Waals surface area contributed by atoms with Crippen LogP contribution in [0.1, 0.15) is 23.1 Å². The van der Waals surface area contributed by atoms with Crippen LogP contribution in [0.25, 0.3) is 6.08 Å². The molecule has 2 aromatic carbocycles. The minimum absolute atomic E-state index is 0.0105. The number of morpholine rings is 1. The van der Waals surface area contributed by atoms with Gasteiger partial charge in [-0.05, 0) is 36.3 Å². The van der Waals surface area contributed by atoms with Crippen molar-refractivity contribution in [3.05, 3.63) is 71.3 Å². The maximum absolute atomic E-state index is 12.2. The van der Waals surface area contributed by atoms with Gasteiger partial charge in [0.1, 0.15) is 0 Å². The van der Waals surface area contributed by atoms with E-state index in [-0.39, 0.29) is 11.8 Å². The minimum Gasteiger partial charge on any atom is -0.379 e. The topological polar surface area (TPSA) is 70.7 Å². The Hall–Kier alpha value is -2.96. The van der Waals surface area contributed by atoms with Crippen molar-refractivity contribution < 1.29 is 14.3 Å². The fraction of sp³-hybridized carbons (Fsp3) is 0.333. The van der Waals surface area contributed by atoms with Crippen LogP contribution >= 0.6 is 0 Å². The summed E-state index contributed by atoms with van der Waals surface area (Å²) < 4.78 is 5.32. The van der Waals surface area contributed by atoms with Gasteiger partial charge in [0, 0.05) is 44.4 Å². The summed E-state index contributed by atoms with van der Waals surface area (Å²) in [5.74, 6) is -0.167. The van der Waals surface area contributed by atoms with Crippen LogP contribution < -0.4 is 10.6 Å². The van der Waals surface area contributed by atoms with Crippen molar-refractivity contribution in [2.45, 2.75) is 19.9 Å². The summed E-state index contributed by atoms with van der Waals surface area (Å²) in [6.45, 7) is 6.38. The van der Waals surface area contributed by atoms with E-state index in [0.717, 1.165) is 49.7 Å². The van der Waals surface area contributed by atoms with Gasteiger partial charge in [-0.2, -0.15) is 0 Å². The van der Waals surface area contributed by atoms with Crippen LogP contribution in [0.2, 0.25) is 0 Å². The molecule has 3 rings (SSSR count). The van der Waals surface area contributed by atoms with Crippen LogP contribution in [-0.4, -0.2) is 49.6 Å². The third kappa shape index (κ3) is 7.46. The summed E-state index contributed by atoms with van der Waals surface area (Å²) in [4.78, 5) is 26.5. The van der Waals surface area contributed by atoms with E-state index in [1.807, 2.05) is 55.5 Å². The van der Waals surface area contributed by atoms with Crippen LogP contribution in [0, 0.1) is 6.92 Å². The Balaban J connectivity index is 1.43. The predicted molar refractivity (Wildman–Crippen MR) is 119 cm³/mol. The van der Waals surface area contributed by atoms with E-state index in [1.54, 1.807) is 6.08 Å². The van der Waals surface area contributed by atoms with Gasteiger partial charge < -0.3 is 15.4 Å². The molecule has 6 nitrogen and oxygen atoms in total. The Morgan fingerprint density at radius 1 is 1.10 bits per heavy atom. The number of nitrogens with one attached hydrogen (secondary N) is 2. The van der Waals surface area contributed by atoms with E-state index in [9.17, 15) is 9.59 Å². The van der Waals surface area contributed by atoms with Gasteiger partial charge in [0.2, 0.25) is 11.8 Å². The Kier molecular flexibility index (Phi) is 8.18. The summed E-state index contributed by atoms with van der Waals surface area (Å²) in [5, 5.41) is 5.81. The molecule has 1 aliphatic heterocycles. The van der Waals surface area contributed by atoms with Crippen molar-refractivity contribution >= 4 is 23.6 Å². The van der Waals surface area contributed by atoms with Crippen molar-refractivity contribution in [1.82, 2.24) is 10.2 Å². The standard InChI is InChI=1S/C24H29N3O3/c1-19-5-7-20(8-6-19)9-10-23(28)25-18-21-3-2-4-22(17-21)26-24(29)11-12-27-13-15-30-16-14-27/h2-10,17H,11-16,18H2,1H3,(H,25,28)(H,26,29)/b10-9+. The molecule has 0 bridgehead atoms. The molecule has 2 aromatic rings. The second kappa shape index (κ2) is 11.3. The molecule has 0 unspecified atom stereocenters. The molecule has 0 saturated carbocycles. The van der Waals surface area contributed by atoms with E-state index in [4.69, 9.17) is 4.74 Å². The Morgan fingerprint density at radius 3 is 2.63 bits per heavy atom. The minimum atomic E-state index is -0.157. The molecule has 0 radical (unpaired) electrons. The first-order valence-electron chi connectivity index (χ1n) is 10.3. The number of carbonyl (C=O) groups is 2. The van der Waals surface area contributed by atoms with Crippen LogP contribution in [0.15, 0.2) is 54.6 Å². The van der Waals surface area contributed by atoms with Crippen LogP contribution in [0.4, 0.5) is 5.69 Å². The van der Waals surface area contributed by atoms with Crippen molar-refractivity contribution in [3.8, 4) is 0 Å². The molecule has 6 heteroatoms. The number of hydrogen-bond donors (Lipinski definition) is 2. The second-order valence-corrected chi connectivity index (χ2v) is 7.41. The number of amides is 2. The summed E-state index contributed by atoms with van der Waals surface area (Å²) in [5.41, 5.74) is 3.84. The van der Waals surface area contributed by atoms with Crippen molar-refractivity contribution in [3.63, 3.8) is 0 Å². The normalized spacial score (nSPS) is 14.6. The summed E-state index contributed by atoms with van der Waals surface area (Å²) in [7, 11) is 0. The Morgan fingerprint density at radius 2 is 1.87 bits per heavy atom. The smallest absolute Gasteiger partial charge is 0.244 e. The molecule has 0 spiro atoms. The first kappa shape index (κ1) is 21.7. The van der Waals surface area contributed by atoms with Crippen LogP contribution in [-0.2, 0) is 20.9 Å². The molecule has 30 heavy (non-hydrogen) atoms. The van der Waals surface area contributed by atoms with Gasteiger partial charge in [0.15, 0.2) is 0 Å². The van der Waals surface area contributed by atoms with Gasteiger partial charge >= 0.3 is 0 Å². The zero-order valence-electron chi connectivity index (χ0n) is 17.4. The van der Waals surface area contributed by atoms with Crippen LogP contribution in [0.5, 0.6) is 0 Å². The lowest BCUT2D eigenvalue weighted by atomic mass is 10.1. The van der Waals surface area contributed by atoms with E-state index in [2.05, 4.69) is 15.5 Å². The molecule has 1 fully saturated rings. The maximum Gasteiger partial charge on any atom is 0.244 e. The SMILES string of the molecule is Cc1ccc(/C=C/C(=O)NCc2cccc(NC(=O)CCN3CCOCC3)c2)cc1. The summed E-state index contributed by atoms with van der Waals surface area (Å²) in [6, 6.07) is 15.5. The van der Waals surface area contributed by atoms with Gasteiger partial charge in [-0.15, -0.1) is 0 Å². The third-order valence-electron chi connectivity index (χ3n) is 4.94. The van der Waals surface area contributed by atoms with E-state index in [1.165, 1.54) is 11.6 Å². The van der Waals surface area contributed by atoms with Crippen molar-refractivity contribution in [1.29, 1.82) is 0 Å². The number of nitrogens with zero attached hydrogens (tertiary/aromatic N) is 1. The summed E-state index contributed by atoms with van der Waals surface area (Å²) >= 11 is 0. The first-order valence-corrected chi connectivity index (χ1v) is 10.3. The molecule has 0 aliphatic carbocycles. The monoisotopic (exact) mass is 407 g/mol. The maximum atomic E-state index is 12.2. The largest absolute Gasteiger partial charge is 0.379 e. The fourth-order valence-electron chi connectivity index (χ4n) is 3.16. The lowest BCUT2D eigenvalue weighted by Gasteiger charge is -2.26. The molecule has 1 heterocycles. The molecule has 1 saturated heterocycles. The highest BCUT2D eigenvalue weighted by Gasteiger charge is 2.12. The van der Waals surface area contributed by atoms with Gasteiger partial charge in [0.25, 0.3) is 0 Å². The zero-order chi connectivity index (χ0) is 21.2. The van der Waals surface area contributed by atoms with E-state index in [0.29, 0.717) is 13.0 Å². The molecule has 1 aliphatic rings. The fourth-order valence-corrected chi connectivity index (χ4v) is 3.16. The average molecular weight is 408 g/mol. The van der Waals surface area contributed by atoms with Crippen molar-refractivity contribution in [2.75, 3.05) is 38.2 Å². The molecular formula is C24H29N3O3. The Labute approximate surface area is 177 Å². The third-order valence-corrected chi connectivity index (χ3v) is 4.94. The number of ether oxygens (including phenoxy) is 1. The van der Waals surface area contributed by atoms with Gasteiger partial charge in [-0.25, -0.2) is 0 Å². The highest BCUT2D eigenvalue weighted by molar-refractivity contribution is 5.92. The molecule has 0 aromatic heterocycles. The number of aryl methyl sites for hydroxylation is 1. The van der Waals surface area contributed by atoms with Gasteiger partial charge in [-0.1, -0.05) is 42.0 Å². The second-order valence-electron chi connectivity index (χ2n) is 7.41.